The van der Waals surface area contributed by atoms with E-state index in [0.717, 1.165) is 19.4 Å². The quantitative estimate of drug-likeness (QED) is 0.750. The highest BCUT2D eigenvalue weighted by Crippen LogP contribution is 2.44. The first-order valence-electron chi connectivity index (χ1n) is 7.58. The molecule has 1 unspecified atom stereocenters. The molecule has 0 spiro atoms. The first-order chi connectivity index (χ1) is 10.5. The molecule has 2 rings (SSSR count). The third kappa shape index (κ3) is 4.74. The van der Waals surface area contributed by atoms with Crippen LogP contribution in [0.3, 0.4) is 0 Å². The number of hydrogen-bond donors (Lipinski definition) is 3. The summed E-state index contributed by atoms with van der Waals surface area (Å²) in [6, 6.07) is 9.08. The molecule has 1 saturated carbocycles. The van der Waals surface area contributed by atoms with Crippen molar-refractivity contribution in [1.29, 1.82) is 0 Å². The lowest BCUT2D eigenvalue weighted by molar-refractivity contribution is -0.121. The van der Waals surface area contributed by atoms with Crippen LogP contribution in [-0.2, 0) is 4.79 Å². The van der Waals surface area contributed by atoms with Crippen LogP contribution in [0.15, 0.2) is 35.2 Å². The number of primary amides is 1. The molecule has 4 N–H and O–H groups in total. The molecule has 6 heteroatoms. The van der Waals surface area contributed by atoms with E-state index in [-0.39, 0.29) is 10.7 Å². The van der Waals surface area contributed by atoms with Crippen LogP contribution in [0.4, 0.5) is 4.79 Å². The van der Waals surface area contributed by atoms with E-state index in [4.69, 9.17) is 5.73 Å². The first kappa shape index (κ1) is 16.8. The van der Waals surface area contributed by atoms with Crippen molar-refractivity contribution in [3.8, 4) is 0 Å². The van der Waals surface area contributed by atoms with Gasteiger partial charge < -0.3 is 11.1 Å². The van der Waals surface area contributed by atoms with Crippen molar-refractivity contribution in [2.24, 2.45) is 5.73 Å². The molecule has 0 radical (unpaired) electrons. The van der Waals surface area contributed by atoms with E-state index in [1.54, 1.807) is 6.92 Å². The lowest BCUT2D eigenvalue weighted by Crippen LogP contribution is -2.49. The van der Waals surface area contributed by atoms with Crippen LogP contribution in [0.5, 0.6) is 0 Å². The minimum Gasteiger partial charge on any atom is -0.351 e. The minimum atomic E-state index is -0.812. The van der Waals surface area contributed by atoms with Crippen molar-refractivity contribution < 1.29 is 9.59 Å². The number of thioether (sulfide) groups is 1. The van der Waals surface area contributed by atoms with Gasteiger partial charge in [0.15, 0.2) is 0 Å². The monoisotopic (exact) mass is 321 g/mol. The normalized spacial score (nSPS) is 17.9. The third-order valence-corrected chi connectivity index (χ3v) is 5.46. The molecule has 0 heterocycles. The molecule has 1 atom stereocenters. The summed E-state index contributed by atoms with van der Waals surface area (Å²) in [6.45, 7) is 2.48. The number of rotatable bonds is 6. The van der Waals surface area contributed by atoms with Gasteiger partial charge in [0.1, 0.15) is 0 Å². The Kier molecular flexibility index (Phi) is 5.85. The van der Waals surface area contributed by atoms with E-state index < -0.39 is 12.1 Å². The standard InChI is InChI=1S/C16H23N3O2S/c1-12(14(20)19-15(17)21)18-11-16(9-5-6-10-16)22-13-7-3-2-4-8-13/h2-4,7-8,12,18H,5-6,9-11H2,1H3,(H3,17,19,20,21). The predicted molar refractivity (Wildman–Crippen MR) is 88.7 cm³/mol. The number of imide groups is 1. The first-order valence-corrected chi connectivity index (χ1v) is 8.40. The van der Waals surface area contributed by atoms with Crippen molar-refractivity contribution in [3.63, 3.8) is 0 Å². The number of benzene rings is 1. The molecular weight excluding hydrogens is 298 g/mol. The Labute approximate surface area is 135 Å². The van der Waals surface area contributed by atoms with Gasteiger partial charge in [0, 0.05) is 16.2 Å². The van der Waals surface area contributed by atoms with Gasteiger partial charge in [0.2, 0.25) is 5.91 Å². The second kappa shape index (κ2) is 7.65. The van der Waals surface area contributed by atoms with Gasteiger partial charge in [0.05, 0.1) is 6.04 Å². The van der Waals surface area contributed by atoms with Crippen molar-refractivity contribution in [3.05, 3.63) is 30.3 Å². The largest absolute Gasteiger partial charge is 0.351 e. The van der Waals surface area contributed by atoms with Crippen molar-refractivity contribution in [2.45, 2.75) is 48.3 Å². The summed E-state index contributed by atoms with van der Waals surface area (Å²) in [5, 5.41) is 5.36. The molecule has 0 aromatic heterocycles. The maximum Gasteiger partial charge on any atom is 0.318 e. The summed E-state index contributed by atoms with van der Waals surface area (Å²) in [7, 11) is 0. The number of carbonyl (C=O) groups is 2. The molecule has 1 aromatic carbocycles. The molecule has 5 nitrogen and oxygen atoms in total. The highest BCUT2D eigenvalue weighted by molar-refractivity contribution is 8.00. The van der Waals surface area contributed by atoms with Crippen LogP contribution in [0.2, 0.25) is 0 Å². The van der Waals surface area contributed by atoms with Crippen molar-refractivity contribution in [1.82, 2.24) is 10.6 Å². The third-order valence-electron chi connectivity index (χ3n) is 3.96. The molecule has 0 aliphatic heterocycles. The van der Waals surface area contributed by atoms with Crippen molar-refractivity contribution in [2.75, 3.05) is 6.54 Å². The van der Waals surface area contributed by atoms with Gasteiger partial charge in [-0.1, -0.05) is 31.0 Å². The molecule has 0 saturated heterocycles. The smallest absolute Gasteiger partial charge is 0.318 e. The van der Waals surface area contributed by atoms with E-state index in [0.29, 0.717) is 0 Å². The average molecular weight is 321 g/mol. The fraction of sp³-hybridized carbons (Fsp3) is 0.500. The Morgan fingerprint density at radius 3 is 2.50 bits per heavy atom. The summed E-state index contributed by atoms with van der Waals surface area (Å²) in [5.41, 5.74) is 4.97. The number of carbonyl (C=O) groups excluding carboxylic acids is 2. The number of nitrogens with two attached hydrogens (primary N) is 1. The maximum atomic E-state index is 11.7. The van der Waals surface area contributed by atoms with E-state index in [9.17, 15) is 9.59 Å². The zero-order chi connectivity index (χ0) is 16.0. The topological polar surface area (TPSA) is 84.2 Å². The molecular formula is C16H23N3O2S. The molecule has 3 amide bonds. The molecule has 1 aromatic rings. The highest BCUT2D eigenvalue weighted by Gasteiger charge is 2.35. The summed E-state index contributed by atoms with van der Waals surface area (Å²) >= 11 is 1.88. The molecule has 1 aliphatic rings. The van der Waals surface area contributed by atoms with Gasteiger partial charge in [-0.05, 0) is 31.9 Å². The van der Waals surface area contributed by atoms with E-state index in [2.05, 4.69) is 22.8 Å². The van der Waals surface area contributed by atoms with Crippen LogP contribution < -0.4 is 16.4 Å². The lowest BCUT2D eigenvalue weighted by Gasteiger charge is -2.30. The predicted octanol–water partition coefficient (Wildman–Crippen LogP) is 2.26. The highest BCUT2D eigenvalue weighted by atomic mass is 32.2. The fourth-order valence-corrected chi connectivity index (χ4v) is 4.18. The van der Waals surface area contributed by atoms with Crippen LogP contribution in [-0.4, -0.2) is 29.3 Å². The van der Waals surface area contributed by atoms with E-state index >= 15 is 0 Å². The average Bonchev–Trinajstić information content (AvgIpc) is 2.94. The zero-order valence-corrected chi connectivity index (χ0v) is 13.6. The molecule has 22 heavy (non-hydrogen) atoms. The molecule has 1 aliphatic carbocycles. The number of hydrogen-bond acceptors (Lipinski definition) is 4. The molecule has 0 bridgehead atoms. The SMILES string of the molecule is CC(NCC1(Sc2ccccc2)CCCC1)C(=O)NC(N)=O. The van der Waals surface area contributed by atoms with Gasteiger partial charge in [-0.15, -0.1) is 11.8 Å². The van der Waals surface area contributed by atoms with Gasteiger partial charge in [-0.25, -0.2) is 4.79 Å². The maximum absolute atomic E-state index is 11.7. The Morgan fingerprint density at radius 1 is 1.27 bits per heavy atom. The zero-order valence-electron chi connectivity index (χ0n) is 12.8. The molecule has 120 valence electrons. The summed E-state index contributed by atoms with van der Waals surface area (Å²) in [4.78, 5) is 23.7. The van der Waals surface area contributed by atoms with Gasteiger partial charge in [0.25, 0.3) is 0 Å². The van der Waals surface area contributed by atoms with E-state index in [1.807, 2.05) is 30.0 Å². The van der Waals surface area contributed by atoms with Gasteiger partial charge >= 0.3 is 6.03 Å². The summed E-state index contributed by atoms with van der Waals surface area (Å²) in [6.07, 6.45) is 4.68. The van der Waals surface area contributed by atoms with Crippen LogP contribution in [0.1, 0.15) is 32.6 Å². The minimum absolute atomic E-state index is 0.114. The van der Waals surface area contributed by atoms with E-state index in [1.165, 1.54) is 17.7 Å². The Hall–Kier alpha value is -1.53. The number of urea groups is 1. The Bertz CT molecular complexity index is 515. The number of amides is 3. The Balaban J connectivity index is 1.94. The summed E-state index contributed by atoms with van der Waals surface area (Å²) < 4.78 is 0.114. The summed E-state index contributed by atoms with van der Waals surface area (Å²) in [5.74, 6) is -0.384. The second-order valence-corrected chi connectivity index (χ2v) is 7.30. The van der Waals surface area contributed by atoms with Crippen LogP contribution in [0, 0.1) is 0 Å². The lowest BCUT2D eigenvalue weighted by atomic mass is 10.1. The van der Waals surface area contributed by atoms with Crippen LogP contribution >= 0.6 is 11.8 Å². The molecule has 1 fully saturated rings. The van der Waals surface area contributed by atoms with Crippen molar-refractivity contribution >= 4 is 23.7 Å². The number of nitrogens with one attached hydrogen (secondary N) is 2. The van der Waals surface area contributed by atoms with Crippen LogP contribution in [0.25, 0.3) is 0 Å². The fourth-order valence-electron chi connectivity index (χ4n) is 2.73. The van der Waals surface area contributed by atoms with Gasteiger partial charge in [-0.2, -0.15) is 0 Å². The second-order valence-electron chi connectivity index (χ2n) is 5.76. The Morgan fingerprint density at radius 2 is 1.91 bits per heavy atom. The van der Waals surface area contributed by atoms with Gasteiger partial charge in [-0.3, -0.25) is 10.1 Å².